The Bertz CT molecular complexity index is 1140. The molecule has 7 heteroatoms. The second-order valence-corrected chi connectivity index (χ2v) is 8.76. The van der Waals surface area contributed by atoms with Crippen LogP contribution in [0.3, 0.4) is 0 Å². The van der Waals surface area contributed by atoms with Crippen molar-refractivity contribution in [3.63, 3.8) is 0 Å². The number of amides is 1. The maximum atomic E-state index is 14.4. The molecule has 1 aliphatic carbocycles. The molecule has 0 atom stereocenters. The molecule has 2 aromatic carbocycles. The number of hydrogen-bond donors (Lipinski definition) is 2. The molecule has 5 nitrogen and oxygen atoms in total. The maximum Gasteiger partial charge on any atom is 0.249 e. The summed E-state index contributed by atoms with van der Waals surface area (Å²) in [4.78, 5) is 18.5. The molecule has 168 valence electrons. The smallest absolute Gasteiger partial charge is 0.249 e. The van der Waals surface area contributed by atoms with E-state index in [9.17, 15) is 13.6 Å². The molecule has 32 heavy (non-hydrogen) atoms. The van der Waals surface area contributed by atoms with Crippen LogP contribution in [0.15, 0.2) is 42.5 Å². The van der Waals surface area contributed by atoms with Gasteiger partial charge in [0, 0.05) is 48.4 Å². The normalized spacial score (nSPS) is 18.5. The molecule has 1 fully saturated rings. The Labute approximate surface area is 186 Å². The van der Waals surface area contributed by atoms with Crippen LogP contribution in [0, 0.1) is 17.6 Å². The lowest BCUT2D eigenvalue weighted by molar-refractivity contribution is 0.0998. The van der Waals surface area contributed by atoms with Crippen molar-refractivity contribution in [3.05, 3.63) is 65.2 Å². The second-order valence-electron chi connectivity index (χ2n) is 8.76. The van der Waals surface area contributed by atoms with Crippen LogP contribution in [0.2, 0.25) is 0 Å². The van der Waals surface area contributed by atoms with Crippen molar-refractivity contribution in [2.24, 2.45) is 11.7 Å². The van der Waals surface area contributed by atoms with Crippen molar-refractivity contribution in [3.8, 4) is 0 Å². The highest BCUT2D eigenvalue weighted by Gasteiger charge is 2.26. The van der Waals surface area contributed by atoms with Gasteiger partial charge < -0.3 is 16.0 Å². The zero-order chi connectivity index (χ0) is 22.8. The van der Waals surface area contributed by atoms with E-state index in [1.54, 1.807) is 0 Å². The number of benzene rings is 2. The van der Waals surface area contributed by atoms with Crippen molar-refractivity contribution in [2.45, 2.75) is 38.1 Å². The number of carbonyl (C=O) groups is 1. The number of hydrogen-bond acceptors (Lipinski definition) is 4. The highest BCUT2D eigenvalue weighted by Crippen LogP contribution is 2.33. The van der Waals surface area contributed by atoms with E-state index in [4.69, 9.17) is 10.7 Å². The van der Waals surface area contributed by atoms with Gasteiger partial charge in [0.25, 0.3) is 0 Å². The van der Waals surface area contributed by atoms with Gasteiger partial charge in [-0.25, -0.2) is 13.8 Å². The third-order valence-electron chi connectivity index (χ3n) is 6.33. The van der Waals surface area contributed by atoms with Gasteiger partial charge in [0.05, 0.1) is 5.52 Å². The van der Waals surface area contributed by atoms with Crippen molar-refractivity contribution >= 4 is 28.3 Å². The molecule has 0 unspecified atom stereocenters. The van der Waals surface area contributed by atoms with Crippen LogP contribution in [-0.4, -0.2) is 31.0 Å². The number of nitrogens with one attached hydrogen (secondary N) is 1. The summed E-state index contributed by atoms with van der Waals surface area (Å²) in [7, 11) is 4.03. The van der Waals surface area contributed by atoms with Gasteiger partial charge in [-0.1, -0.05) is 18.2 Å². The molecule has 0 aliphatic heterocycles. The number of fused-ring (bicyclic) bond motifs is 1. The molecule has 3 N–H and O–H groups in total. The SMILES string of the molecule is CN(C)c1cc(NC2CCC(Cc3c(C(N)=O)ccc(F)c3F)CC2)nc2ccccc12. The highest BCUT2D eigenvalue weighted by molar-refractivity contribution is 5.94. The lowest BCUT2D eigenvalue weighted by Crippen LogP contribution is -2.28. The van der Waals surface area contributed by atoms with Gasteiger partial charge in [-0.05, 0) is 56.2 Å². The van der Waals surface area contributed by atoms with Crippen LogP contribution in [-0.2, 0) is 6.42 Å². The minimum atomic E-state index is -0.960. The number of anilines is 2. The van der Waals surface area contributed by atoms with Gasteiger partial charge in [-0.3, -0.25) is 4.79 Å². The van der Waals surface area contributed by atoms with E-state index < -0.39 is 17.5 Å². The first kappa shape index (κ1) is 22.0. The molecule has 0 radical (unpaired) electrons. The number of nitrogens with two attached hydrogens (primary N) is 1. The fraction of sp³-hybridized carbons (Fsp3) is 0.360. The Morgan fingerprint density at radius 2 is 1.84 bits per heavy atom. The first-order valence-electron chi connectivity index (χ1n) is 10.9. The van der Waals surface area contributed by atoms with Gasteiger partial charge >= 0.3 is 0 Å². The van der Waals surface area contributed by atoms with Crippen LogP contribution in [0.5, 0.6) is 0 Å². The van der Waals surface area contributed by atoms with E-state index in [0.717, 1.165) is 54.2 Å². The predicted molar refractivity (Wildman–Crippen MR) is 124 cm³/mol. The number of rotatable bonds is 6. The second kappa shape index (κ2) is 9.10. The highest BCUT2D eigenvalue weighted by atomic mass is 19.2. The van der Waals surface area contributed by atoms with Crippen molar-refractivity contribution in [1.82, 2.24) is 4.98 Å². The summed E-state index contributed by atoms with van der Waals surface area (Å²) >= 11 is 0. The van der Waals surface area contributed by atoms with Gasteiger partial charge in [0.15, 0.2) is 11.6 Å². The summed E-state index contributed by atoms with van der Waals surface area (Å²) in [5.74, 6) is -1.63. The fourth-order valence-corrected chi connectivity index (χ4v) is 4.63. The van der Waals surface area contributed by atoms with Crippen LogP contribution in [0.4, 0.5) is 20.3 Å². The number of pyridine rings is 1. The van der Waals surface area contributed by atoms with Crippen molar-refractivity contribution in [1.29, 1.82) is 0 Å². The van der Waals surface area contributed by atoms with Crippen LogP contribution in [0.25, 0.3) is 10.9 Å². The average Bonchev–Trinajstić information content (AvgIpc) is 2.77. The summed E-state index contributed by atoms with van der Waals surface area (Å²) in [6.45, 7) is 0. The van der Waals surface area contributed by atoms with E-state index in [0.29, 0.717) is 6.42 Å². The molecule has 1 aliphatic rings. The third kappa shape index (κ3) is 4.52. The van der Waals surface area contributed by atoms with E-state index >= 15 is 0 Å². The van der Waals surface area contributed by atoms with E-state index in [1.807, 2.05) is 32.3 Å². The molecule has 1 amide bonds. The molecule has 0 spiro atoms. The van der Waals surface area contributed by atoms with Crippen LogP contribution in [0.1, 0.15) is 41.6 Å². The summed E-state index contributed by atoms with van der Waals surface area (Å²) in [6, 6.07) is 12.6. The molecular formula is C25H28F2N4O. The summed E-state index contributed by atoms with van der Waals surface area (Å²) in [5.41, 5.74) is 7.58. The van der Waals surface area contributed by atoms with Crippen molar-refractivity contribution in [2.75, 3.05) is 24.3 Å². The average molecular weight is 439 g/mol. The van der Waals surface area contributed by atoms with Crippen LogP contribution >= 0.6 is 0 Å². The Hall–Kier alpha value is -3.22. The first-order valence-corrected chi connectivity index (χ1v) is 10.9. The number of halogens is 2. The minimum Gasteiger partial charge on any atom is -0.377 e. The molecule has 0 saturated heterocycles. The summed E-state index contributed by atoms with van der Waals surface area (Å²) in [5, 5.41) is 4.66. The molecule has 3 aromatic rings. The number of aromatic nitrogens is 1. The quantitative estimate of drug-likeness (QED) is 0.575. The van der Waals surface area contributed by atoms with E-state index in [2.05, 4.69) is 22.3 Å². The predicted octanol–water partition coefficient (Wildman–Crippen LogP) is 4.89. The maximum absolute atomic E-state index is 14.4. The molecular weight excluding hydrogens is 410 g/mol. The zero-order valence-corrected chi connectivity index (χ0v) is 18.4. The van der Waals surface area contributed by atoms with E-state index in [-0.39, 0.29) is 23.1 Å². The fourth-order valence-electron chi connectivity index (χ4n) is 4.63. The van der Waals surface area contributed by atoms with Crippen molar-refractivity contribution < 1.29 is 13.6 Å². The molecule has 1 aromatic heterocycles. The number of para-hydroxylation sites is 1. The molecule has 1 heterocycles. The first-order chi connectivity index (χ1) is 15.3. The van der Waals surface area contributed by atoms with Crippen LogP contribution < -0.4 is 16.0 Å². The van der Waals surface area contributed by atoms with Gasteiger partial charge in [-0.15, -0.1) is 0 Å². The lowest BCUT2D eigenvalue weighted by atomic mass is 9.81. The number of nitrogens with zero attached hydrogens (tertiary/aromatic N) is 2. The van der Waals surface area contributed by atoms with Gasteiger partial charge in [0.1, 0.15) is 5.82 Å². The number of carbonyl (C=O) groups excluding carboxylic acids is 1. The Kier molecular flexibility index (Phi) is 6.26. The molecule has 0 bridgehead atoms. The Morgan fingerprint density at radius 1 is 1.12 bits per heavy atom. The van der Waals surface area contributed by atoms with Gasteiger partial charge in [-0.2, -0.15) is 0 Å². The van der Waals surface area contributed by atoms with Gasteiger partial charge in [0.2, 0.25) is 5.91 Å². The Morgan fingerprint density at radius 3 is 2.53 bits per heavy atom. The molecule has 4 rings (SSSR count). The lowest BCUT2D eigenvalue weighted by Gasteiger charge is -2.30. The summed E-state index contributed by atoms with van der Waals surface area (Å²) < 4.78 is 28.1. The zero-order valence-electron chi connectivity index (χ0n) is 18.4. The standard InChI is InChI=1S/C25H28F2N4O/c1-31(2)22-14-23(30-21-6-4-3-5-18(21)22)29-16-9-7-15(8-10-16)13-19-17(25(28)32)11-12-20(26)24(19)27/h3-6,11-12,14-16H,7-10,13H2,1-2H3,(H2,28,32)(H,29,30). The largest absolute Gasteiger partial charge is 0.377 e. The number of primary amides is 1. The Balaban J connectivity index is 1.44. The minimum absolute atomic E-state index is 0.0701. The monoisotopic (exact) mass is 438 g/mol. The van der Waals surface area contributed by atoms with E-state index in [1.165, 1.54) is 6.07 Å². The summed E-state index contributed by atoms with van der Waals surface area (Å²) in [6.07, 6.45) is 3.78. The third-order valence-corrected chi connectivity index (χ3v) is 6.33. The topological polar surface area (TPSA) is 71.2 Å². The molecule has 1 saturated carbocycles.